The molecule has 244 valence electrons. The first-order valence-electron chi connectivity index (χ1n) is 17.5. The van der Waals surface area contributed by atoms with Crippen molar-refractivity contribution in [3.05, 3.63) is 70.8 Å². The zero-order chi connectivity index (χ0) is 30.4. The number of halogens is 1. The van der Waals surface area contributed by atoms with E-state index < -0.39 is 0 Å². The summed E-state index contributed by atoms with van der Waals surface area (Å²) in [5, 5.41) is 0. The van der Waals surface area contributed by atoms with E-state index in [0.717, 1.165) is 107 Å². The molecule has 0 aromatic heterocycles. The molecule has 1 saturated carbocycles. The molecule has 6 heteroatoms. The van der Waals surface area contributed by atoms with Crippen molar-refractivity contribution in [3.8, 4) is 11.5 Å². The maximum Gasteiger partial charge on any atom is 0.311 e. The Morgan fingerprint density at radius 2 is 1.78 bits per heavy atom. The first-order valence-corrected chi connectivity index (χ1v) is 17.5. The molecule has 2 fully saturated rings. The van der Waals surface area contributed by atoms with Crippen molar-refractivity contribution in [2.24, 2.45) is 5.92 Å². The van der Waals surface area contributed by atoms with Crippen LogP contribution in [0.2, 0.25) is 0 Å². The molecule has 0 spiro atoms. The largest absolute Gasteiger partial charge is 0.482 e. The van der Waals surface area contributed by atoms with E-state index in [1.807, 2.05) is 0 Å². The number of esters is 1. The second kappa shape index (κ2) is 15.8. The van der Waals surface area contributed by atoms with Crippen molar-refractivity contribution < 1.29 is 14.3 Å². The van der Waals surface area contributed by atoms with E-state index in [0.29, 0.717) is 6.42 Å². The van der Waals surface area contributed by atoms with Crippen LogP contribution in [0, 0.1) is 5.92 Å². The molecule has 0 N–H and O–H groups in total. The van der Waals surface area contributed by atoms with Gasteiger partial charge in [0.25, 0.3) is 0 Å². The summed E-state index contributed by atoms with van der Waals surface area (Å²) in [5.74, 6) is 2.29. The van der Waals surface area contributed by atoms with Gasteiger partial charge in [-0.25, -0.2) is 0 Å². The van der Waals surface area contributed by atoms with Gasteiger partial charge < -0.3 is 14.4 Å². The van der Waals surface area contributed by atoms with Crippen LogP contribution in [0.1, 0.15) is 101 Å². The average molecular weight is 633 g/mol. The number of fused-ring (bicyclic) bond motifs is 2. The van der Waals surface area contributed by atoms with Gasteiger partial charge in [0.1, 0.15) is 17.1 Å². The third-order valence-electron chi connectivity index (χ3n) is 9.99. The van der Waals surface area contributed by atoms with Crippen LogP contribution in [-0.4, -0.2) is 60.6 Å². The highest BCUT2D eigenvalue weighted by molar-refractivity contribution is 5.85. The van der Waals surface area contributed by atoms with Crippen LogP contribution in [0.15, 0.2) is 54.1 Å². The second-order valence-electron chi connectivity index (χ2n) is 13.6. The topological polar surface area (TPSA) is 42.0 Å². The van der Waals surface area contributed by atoms with Crippen LogP contribution in [-0.2, 0) is 11.2 Å². The molecule has 0 radical (unpaired) electrons. The molecule has 4 aliphatic rings. The summed E-state index contributed by atoms with van der Waals surface area (Å²) in [6, 6.07) is 15.0. The monoisotopic (exact) mass is 632 g/mol. The van der Waals surface area contributed by atoms with Gasteiger partial charge in [0.2, 0.25) is 0 Å². The lowest BCUT2D eigenvalue weighted by molar-refractivity contribution is -0.134. The fraction of sp³-hybridized carbons (Fsp3) is 0.564. The Morgan fingerprint density at radius 3 is 2.49 bits per heavy atom. The van der Waals surface area contributed by atoms with Gasteiger partial charge in [0, 0.05) is 26.1 Å². The predicted octanol–water partition coefficient (Wildman–Crippen LogP) is 8.75. The quantitative estimate of drug-likeness (QED) is 0.154. The van der Waals surface area contributed by atoms with Crippen molar-refractivity contribution in [2.45, 2.75) is 96.5 Å². The van der Waals surface area contributed by atoms with Crippen molar-refractivity contribution in [2.75, 3.05) is 39.3 Å². The lowest BCUT2D eigenvalue weighted by Gasteiger charge is -2.46. The summed E-state index contributed by atoms with van der Waals surface area (Å²) in [4.78, 5) is 18.3. The van der Waals surface area contributed by atoms with Crippen LogP contribution in [0.25, 0.3) is 11.6 Å². The molecule has 2 aromatic carbocycles. The zero-order valence-corrected chi connectivity index (χ0v) is 28.3. The van der Waals surface area contributed by atoms with Crippen molar-refractivity contribution in [3.63, 3.8) is 0 Å². The van der Waals surface area contributed by atoms with Crippen LogP contribution >= 0.6 is 12.4 Å². The Balaban J connectivity index is 0.00000400. The van der Waals surface area contributed by atoms with Crippen molar-refractivity contribution in [1.29, 1.82) is 0 Å². The molecule has 5 nitrogen and oxygen atoms in total. The number of rotatable bonds is 14. The predicted molar refractivity (Wildman–Crippen MR) is 187 cm³/mol. The van der Waals surface area contributed by atoms with Crippen LogP contribution in [0.5, 0.6) is 11.5 Å². The summed E-state index contributed by atoms with van der Waals surface area (Å²) in [6.07, 6.45) is 17.2. The van der Waals surface area contributed by atoms with E-state index >= 15 is 0 Å². The molecule has 1 saturated heterocycles. The van der Waals surface area contributed by atoms with Crippen LogP contribution in [0.4, 0.5) is 0 Å². The highest BCUT2D eigenvalue weighted by atomic mass is 35.5. The van der Waals surface area contributed by atoms with Crippen LogP contribution < -0.4 is 9.47 Å². The minimum absolute atomic E-state index is 0. The number of likely N-dealkylation sites (tertiary alicyclic amines) is 1. The van der Waals surface area contributed by atoms with Gasteiger partial charge in [-0.05, 0) is 118 Å². The summed E-state index contributed by atoms with van der Waals surface area (Å²) in [7, 11) is 0. The van der Waals surface area contributed by atoms with Gasteiger partial charge in [-0.15, -0.1) is 12.4 Å². The van der Waals surface area contributed by atoms with E-state index in [9.17, 15) is 4.79 Å². The van der Waals surface area contributed by atoms with E-state index in [1.54, 1.807) is 0 Å². The minimum atomic E-state index is -0.271. The Labute approximate surface area is 277 Å². The fourth-order valence-corrected chi connectivity index (χ4v) is 7.72. The third kappa shape index (κ3) is 8.41. The summed E-state index contributed by atoms with van der Waals surface area (Å²) in [5.41, 5.74) is 6.02. The Bertz CT molecular complexity index is 1340. The highest BCUT2D eigenvalue weighted by Gasteiger charge is 2.44. The molecule has 0 unspecified atom stereocenters. The maximum absolute atomic E-state index is 13.3. The summed E-state index contributed by atoms with van der Waals surface area (Å²) >= 11 is 0. The second-order valence-corrected chi connectivity index (χ2v) is 13.6. The Hall–Kier alpha value is -2.60. The normalized spacial score (nSPS) is 19.6. The maximum atomic E-state index is 13.3. The fourth-order valence-electron chi connectivity index (χ4n) is 7.72. The Morgan fingerprint density at radius 1 is 1.02 bits per heavy atom. The Kier molecular flexibility index (Phi) is 11.9. The van der Waals surface area contributed by atoms with Gasteiger partial charge in [-0.3, -0.25) is 9.69 Å². The minimum Gasteiger partial charge on any atom is -0.482 e. The molecule has 2 aromatic rings. The van der Waals surface area contributed by atoms with Crippen LogP contribution in [0.3, 0.4) is 0 Å². The summed E-state index contributed by atoms with van der Waals surface area (Å²) < 4.78 is 13.5. The number of carbonyl (C=O) groups excluding carboxylic acids is 1. The molecule has 3 aliphatic heterocycles. The smallest absolute Gasteiger partial charge is 0.311 e. The molecule has 0 atom stereocenters. The average Bonchev–Trinajstić information content (AvgIpc) is 3.67. The lowest BCUT2D eigenvalue weighted by atomic mass is 9.75. The standard InChI is InChI=1S/C39H52N2O3.ClH/c1-3-19-39(20-4-2)34-18-25-41(24-10-14-30-12-6-5-7-13-30)29-33(34)38-35(27-32(26-31-16-17-31)28-36(38)44-39)43-37(42)15-11-23-40-21-8-9-22-40;/h5-7,10,12-14,27-28,31H,3-4,8-9,11,15-26,29H2,1-2H3;1H/b14-10+;. The molecule has 3 heterocycles. The van der Waals surface area contributed by atoms with Gasteiger partial charge >= 0.3 is 5.97 Å². The molecule has 6 rings (SSSR count). The number of ether oxygens (including phenoxy) is 2. The number of carbonyl (C=O) groups is 1. The highest BCUT2D eigenvalue weighted by Crippen LogP contribution is 2.52. The van der Waals surface area contributed by atoms with Gasteiger partial charge in [0.05, 0.1) is 5.56 Å². The van der Waals surface area contributed by atoms with E-state index in [1.165, 1.54) is 48.0 Å². The number of hydrogen-bond acceptors (Lipinski definition) is 5. The van der Waals surface area contributed by atoms with E-state index in [-0.39, 0.29) is 24.0 Å². The molecule has 1 aliphatic carbocycles. The SMILES string of the molecule is CCCC1(CCC)Oc2cc(CC3CC3)cc(OC(=O)CCCN3CCCC3)c2C2=C1CCN(C/C=C/c1ccccc1)C2.Cl. The number of benzene rings is 2. The molecule has 0 bridgehead atoms. The van der Waals surface area contributed by atoms with Crippen molar-refractivity contribution >= 4 is 30.0 Å². The molecule has 0 amide bonds. The number of hydrogen-bond donors (Lipinski definition) is 0. The molecule has 45 heavy (non-hydrogen) atoms. The zero-order valence-electron chi connectivity index (χ0n) is 27.5. The van der Waals surface area contributed by atoms with Gasteiger partial charge in [-0.1, -0.05) is 69.2 Å². The van der Waals surface area contributed by atoms with Gasteiger partial charge in [-0.2, -0.15) is 0 Å². The third-order valence-corrected chi connectivity index (χ3v) is 9.99. The van der Waals surface area contributed by atoms with Crippen molar-refractivity contribution in [1.82, 2.24) is 9.80 Å². The molecular formula is C39H53ClN2O3. The lowest BCUT2D eigenvalue weighted by Crippen LogP contribution is -2.46. The first kappa shape index (κ1) is 33.8. The summed E-state index contributed by atoms with van der Waals surface area (Å²) in [6.45, 7) is 10.6. The first-order chi connectivity index (χ1) is 21.6. The molecular weight excluding hydrogens is 580 g/mol. The van der Waals surface area contributed by atoms with E-state index in [4.69, 9.17) is 9.47 Å². The number of nitrogens with zero attached hydrogens (tertiary/aromatic N) is 2. The van der Waals surface area contributed by atoms with E-state index in [2.05, 4.69) is 78.3 Å². The van der Waals surface area contributed by atoms with Gasteiger partial charge in [0.15, 0.2) is 0 Å².